The Hall–Kier alpha value is -1.01. The molecule has 0 aromatic heterocycles. The molecule has 2 fully saturated rings. The van der Waals surface area contributed by atoms with Gasteiger partial charge in [0.15, 0.2) is 0 Å². The number of halogens is 2. The number of carbonyl (C=O) groups excluding carboxylic acids is 1. The molecular formula is C17H27Cl2N3O2. The highest BCUT2D eigenvalue weighted by Gasteiger charge is 2.24. The van der Waals surface area contributed by atoms with Crippen LogP contribution in [0.4, 0.5) is 5.69 Å². The number of hydrogen-bond acceptors (Lipinski definition) is 4. The standard InChI is InChI=1S/C17H25N3O2.2ClH/c18-14-5-3-4-8-20(13-14)17(21)15-6-1-2-7-16(15)19-9-11-22-12-10-19;;/h1-2,6-7,14H,3-5,8-13,18H2;2*1H. The van der Waals surface area contributed by atoms with Gasteiger partial charge in [-0.3, -0.25) is 4.79 Å². The van der Waals surface area contributed by atoms with Gasteiger partial charge in [-0.1, -0.05) is 18.6 Å². The van der Waals surface area contributed by atoms with Crippen molar-refractivity contribution in [1.29, 1.82) is 0 Å². The Morgan fingerprint density at radius 3 is 2.54 bits per heavy atom. The summed E-state index contributed by atoms with van der Waals surface area (Å²) in [4.78, 5) is 17.1. The lowest BCUT2D eigenvalue weighted by molar-refractivity contribution is 0.0754. The molecule has 0 spiro atoms. The van der Waals surface area contributed by atoms with Crippen molar-refractivity contribution >= 4 is 36.4 Å². The van der Waals surface area contributed by atoms with Crippen LogP contribution in [0, 0.1) is 0 Å². The number of carbonyl (C=O) groups is 1. The number of nitrogens with two attached hydrogens (primary N) is 1. The Bertz CT molecular complexity index is 524. The van der Waals surface area contributed by atoms with Gasteiger partial charge in [0.2, 0.25) is 0 Å². The molecule has 7 heteroatoms. The predicted molar refractivity (Wildman–Crippen MR) is 102 cm³/mol. The SMILES string of the molecule is Cl.Cl.NC1CCCCN(C(=O)c2ccccc2N2CCOCC2)C1. The van der Waals surface area contributed by atoms with E-state index >= 15 is 0 Å². The van der Waals surface area contributed by atoms with Crippen LogP contribution in [0.5, 0.6) is 0 Å². The first kappa shape index (κ1) is 21.0. The molecule has 2 aliphatic heterocycles. The predicted octanol–water partition coefficient (Wildman–Crippen LogP) is 2.32. The molecule has 0 radical (unpaired) electrons. The molecule has 2 aliphatic rings. The maximum Gasteiger partial charge on any atom is 0.256 e. The summed E-state index contributed by atoms with van der Waals surface area (Å²) in [5.41, 5.74) is 7.91. The monoisotopic (exact) mass is 375 g/mol. The fourth-order valence-electron chi connectivity index (χ4n) is 3.26. The van der Waals surface area contributed by atoms with Gasteiger partial charge in [-0.2, -0.15) is 0 Å². The van der Waals surface area contributed by atoms with Crippen LogP contribution < -0.4 is 10.6 Å². The lowest BCUT2D eigenvalue weighted by Crippen LogP contribution is -2.41. The third kappa shape index (κ3) is 4.99. The number of morpholine rings is 1. The van der Waals surface area contributed by atoms with Crippen LogP contribution in [0.15, 0.2) is 24.3 Å². The molecule has 1 atom stereocenters. The van der Waals surface area contributed by atoms with Crippen molar-refractivity contribution < 1.29 is 9.53 Å². The molecule has 1 unspecified atom stereocenters. The molecule has 0 saturated carbocycles. The number of anilines is 1. The minimum Gasteiger partial charge on any atom is -0.378 e. The number of likely N-dealkylation sites (tertiary alicyclic amines) is 1. The molecule has 2 heterocycles. The van der Waals surface area contributed by atoms with Crippen molar-refractivity contribution in [3.63, 3.8) is 0 Å². The quantitative estimate of drug-likeness (QED) is 0.861. The van der Waals surface area contributed by atoms with Gasteiger partial charge < -0.3 is 20.3 Å². The summed E-state index contributed by atoms with van der Waals surface area (Å²) in [6, 6.07) is 8.01. The van der Waals surface area contributed by atoms with E-state index in [1.54, 1.807) is 0 Å². The van der Waals surface area contributed by atoms with Crippen molar-refractivity contribution in [2.75, 3.05) is 44.3 Å². The van der Waals surface area contributed by atoms with E-state index in [-0.39, 0.29) is 36.8 Å². The van der Waals surface area contributed by atoms with Gasteiger partial charge in [0.1, 0.15) is 0 Å². The Labute approximate surface area is 156 Å². The lowest BCUT2D eigenvalue weighted by atomic mass is 10.1. The first-order chi connectivity index (χ1) is 10.8. The van der Waals surface area contributed by atoms with Crippen LogP contribution in [0.1, 0.15) is 29.6 Å². The van der Waals surface area contributed by atoms with Crippen LogP contribution in [-0.4, -0.2) is 56.2 Å². The van der Waals surface area contributed by atoms with Gasteiger partial charge in [-0.25, -0.2) is 0 Å². The number of rotatable bonds is 2. The summed E-state index contributed by atoms with van der Waals surface area (Å²) in [6.45, 7) is 4.59. The van der Waals surface area contributed by atoms with Gasteiger partial charge in [-0.15, -0.1) is 24.8 Å². The maximum atomic E-state index is 13.0. The lowest BCUT2D eigenvalue weighted by Gasteiger charge is -2.31. The molecular weight excluding hydrogens is 349 g/mol. The molecule has 2 N–H and O–H groups in total. The van der Waals surface area contributed by atoms with E-state index in [0.29, 0.717) is 6.54 Å². The fourth-order valence-corrected chi connectivity index (χ4v) is 3.26. The average molecular weight is 376 g/mol. The smallest absolute Gasteiger partial charge is 0.256 e. The fraction of sp³-hybridized carbons (Fsp3) is 0.588. The normalized spacial score (nSPS) is 21.3. The Morgan fingerprint density at radius 2 is 1.79 bits per heavy atom. The van der Waals surface area contributed by atoms with Gasteiger partial charge >= 0.3 is 0 Å². The van der Waals surface area contributed by atoms with Crippen molar-refractivity contribution in [2.24, 2.45) is 5.73 Å². The summed E-state index contributed by atoms with van der Waals surface area (Å²) >= 11 is 0. The van der Waals surface area contributed by atoms with Gasteiger partial charge in [0.25, 0.3) is 5.91 Å². The summed E-state index contributed by atoms with van der Waals surface area (Å²) in [6.07, 6.45) is 3.16. The van der Waals surface area contributed by atoms with Gasteiger partial charge in [-0.05, 0) is 25.0 Å². The van der Waals surface area contributed by atoms with Crippen LogP contribution in [0.2, 0.25) is 0 Å². The summed E-state index contributed by atoms with van der Waals surface area (Å²) in [7, 11) is 0. The number of nitrogens with zero attached hydrogens (tertiary/aromatic N) is 2. The van der Waals surface area contributed by atoms with Crippen molar-refractivity contribution in [2.45, 2.75) is 25.3 Å². The molecule has 24 heavy (non-hydrogen) atoms. The zero-order chi connectivity index (χ0) is 15.4. The molecule has 1 amide bonds. The van der Waals surface area contributed by atoms with E-state index in [9.17, 15) is 4.79 Å². The van der Waals surface area contributed by atoms with Crippen molar-refractivity contribution in [1.82, 2.24) is 4.90 Å². The van der Waals surface area contributed by atoms with E-state index in [4.69, 9.17) is 10.5 Å². The average Bonchev–Trinajstić information content (AvgIpc) is 2.79. The Kier molecular flexibility index (Phi) is 8.84. The number of benzene rings is 1. The minimum absolute atomic E-state index is 0. The van der Waals surface area contributed by atoms with Crippen LogP contribution in [0.25, 0.3) is 0 Å². The molecule has 136 valence electrons. The summed E-state index contributed by atoms with van der Waals surface area (Å²) < 4.78 is 5.41. The first-order valence-corrected chi connectivity index (χ1v) is 8.22. The number of para-hydroxylation sites is 1. The number of amides is 1. The third-order valence-electron chi connectivity index (χ3n) is 4.48. The second kappa shape index (κ2) is 10.1. The first-order valence-electron chi connectivity index (χ1n) is 8.22. The number of hydrogen-bond donors (Lipinski definition) is 1. The molecule has 1 aromatic carbocycles. The highest BCUT2D eigenvalue weighted by atomic mass is 35.5. The Balaban J connectivity index is 0.00000144. The summed E-state index contributed by atoms with van der Waals surface area (Å²) in [5, 5.41) is 0. The third-order valence-corrected chi connectivity index (χ3v) is 4.48. The maximum absolute atomic E-state index is 13.0. The van der Waals surface area contributed by atoms with Crippen molar-refractivity contribution in [3.8, 4) is 0 Å². The zero-order valence-corrected chi connectivity index (χ0v) is 15.5. The zero-order valence-electron chi connectivity index (χ0n) is 13.9. The molecule has 1 aromatic rings. The molecule has 3 rings (SSSR count). The highest BCUT2D eigenvalue weighted by Crippen LogP contribution is 2.24. The van der Waals surface area contributed by atoms with E-state index < -0.39 is 0 Å². The van der Waals surface area contributed by atoms with Crippen molar-refractivity contribution in [3.05, 3.63) is 29.8 Å². The molecule has 2 saturated heterocycles. The number of ether oxygens (including phenoxy) is 1. The largest absolute Gasteiger partial charge is 0.378 e. The second-order valence-electron chi connectivity index (χ2n) is 6.12. The van der Waals surface area contributed by atoms with Crippen LogP contribution in [0.3, 0.4) is 0 Å². The minimum atomic E-state index is 0. The van der Waals surface area contributed by atoms with E-state index in [1.807, 2.05) is 29.2 Å². The van der Waals surface area contributed by atoms with E-state index in [0.717, 1.165) is 63.4 Å². The second-order valence-corrected chi connectivity index (χ2v) is 6.12. The topological polar surface area (TPSA) is 58.8 Å². The van der Waals surface area contributed by atoms with Crippen LogP contribution in [-0.2, 0) is 4.74 Å². The molecule has 0 bridgehead atoms. The highest BCUT2D eigenvalue weighted by molar-refractivity contribution is 5.99. The molecule has 0 aliphatic carbocycles. The van der Waals surface area contributed by atoms with Crippen LogP contribution >= 0.6 is 24.8 Å². The molecule has 5 nitrogen and oxygen atoms in total. The van der Waals surface area contributed by atoms with E-state index in [1.165, 1.54) is 0 Å². The Morgan fingerprint density at radius 1 is 1.08 bits per heavy atom. The van der Waals surface area contributed by atoms with E-state index in [2.05, 4.69) is 4.90 Å². The van der Waals surface area contributed by atoms with Gasteiger partial charge in [0.05, 0.1) is 18.8 Å². The summed E-state index contributed by atoms with van der Waals surface area (Å²) in [5.74, 6) is 0.111. The van der Waals surface area contributed by atoms with Gasteiger partial charge in [0, 0.05) is 37.9 Å².